The zero-order valence-electron chi connectivity index (χ0n) is 14.6. The first-order valence-electron chi connectivity index (χ1n) is 8.76. The molecular weight excluding hydrogens is 335 g/mol. The summed E-state index contributed by atoms with van der Waals surface area (Å²) in [7, 11) is 0. The first-order valence-corrected chi connectivity index (χ1v) is 8.76. The van der Waals surface area contributed by atoms with E-state index in [1.54, 1.807) is 17.0 Å². The highest BCUT2D eigenvalue weighted by Gasteiger charge is 2.21. The number of halogens is 1. The van der Waals surface area contributed by atoms with Gasteiger partial charge >= 0.3 is 0 Å². The highest BCUT2D eigenvalue weighted by molar-refractivity contribution is 5.77. The van der Waals surface area contributed by atoms with Crippen LogP contribution in [0, 0.1) is 5.82 Å². The van der Waals surface area contributed by atoms with E-state index in [1.807, 2.05) is 30.3 Å². The van der Waals surface area contributed by atoms with Crippen LogP contribution in [0.15, 0.2) is 54.6 Å². The van der Waals surface area contributed by atoms with E-state index in [0.29, 0.717) is 26.3 Å². The monoisotopic (exact) mass is 358 g/mol. The fourth-order valence-electron chi connectivity index (χ4n) is 2.85. The lowest BCUT2D eigenvalue weighted by Crippen LogP contribution is -2.49. The summed E-state index contributed by atoms with van der Waals surface area (Å²) < 4.78 is 23.9. The molecule has 0 saturated carbocycles. The van der Waals surface area contributed by atoms with Crippen LogP contribution in [0.25, 0.3) is 0 Å². The lowest BCUT2D eigenvalue weighted by atomic mass is 10.2. The number of carbonyl (C=O) groups excluding carboxylic acids is 1. The van der Waals surface area contributed by atoms with Crippen LogP contribution in [-0.4, -0.2) is 56.8 Å². The molecule has 0 bridgehead atoms. The van der Waals surface area contributed by atoms with Crippen LogP contribution in [0.5, 0.6) is 5.75 Å². The van der Waals surface area contributed by atoms with Crippen molar-refractivity contribution < 1.29 is 18.7 Å². The Morgan fingerprint density at radius 2 is 1.62 bits per heavy atom. The Morgan fingerprint density at radius 3 is 2.31 bits per heavy atom. The Hall–Kier alpha value is -2.60. The molecule has 1 aliphatic heterocycles. The van der Waals surface area contributed by atoms with Crippen LogP contribution >= 0.6 is 0 Å². The molecular formula is C20H23FN2O3. The minimum Gasteiger partial charge on any atom is -0.491 e. The molecule has 2 aromatic rings. The molecule has 0 atom stereocenters. The molecule has 138 valence electrons. The van der Waals surface area contributed by atoms with Crippen molar-refractivity contribution in [3.8, 4) is 5.75 Å². The topological polar surface area (TPSA) is 42.0 Å². The molecule has 1 amide bonds. The Labute approximate surface area is 152 Å². The molecule has 0 N–H and O–H groups in total. The van der Waals surface area contributed by atoms with Gasteiger partial charge in [-0.2, -0.15) is 0 Å². The molecule has 1 heterocycles. The number of benzene rings is 2. The summed E-state index contributed by atoms with van der Waals surface area (Å²) in [6.45, 7) is 3.59. The van der Waals surface area contributed by atoms with E-state index in [0.717, 1.165) is 24.5 Å². The van der Waals surface area contributed by atoms with Gasteiger partial charge in [0.15, 0.2) is 0 Å². The molecule has 3 rings (SSSR count). The second kappa shape index (κ2) is 9.20. The van der Waals surface area contributed by atoms with E-state index in [4.69, 9.17) is 9.47 Å². The van der Waals surface area contributed by atoms with Gasteiger partial charge in [0.25, 0.3) is 0 Å². The van der Waals surface area contributed by atoms with Crippen molar-refractivity contribution in [1.29, 1.82) is 0 Å². The first kappa shape index (κ1) is 18.2. The number of amides is 1. The fraction of sp³-hybridized carbons (Fsp3) is 0.350. The summed E-state index contributed by atoms with van der Waals surface area (Å²) >= 11 is 0. The van der Waals surface area contributed by atoms with Crippen molar-refractivity contribution in [3.63, 3.8) is 0 Å². The summed E-state index contributed by atoms with van der Waals surface area (Å²) in [5, 5.41) is 0. The van der Waals surface area contributed by atoms with Gasteiger partial charge in [-0.15, -0.1) is 0 Å². The minimum atomic E-state index is -0.240. The number of carbonyl (C=O) groups is 1. The minimum absolute atomic E-state index is 0.0107. The number of hydrogen-bond donors (Lipinski definition) is 0. The predicted octanol–water partition coefficient (Wildman–Crippen LogP) is 2.57. The van der Waals surface area contributed by atoms with Crippen molar-refractivity contribution >= 4 is 11.6 Å². The van der Waals surface area contributed by atoms with Crippen LogP contribution in [0.1, 0.15) is 0 Å². The van der Waals surface area contributed by atoms with Crippen molar-refractivity contribution in [1.82, 2.24) is 4.90 Å². The highest BCUT2D eigenvalue weighted by atomic mass is 19.1. The normalized spacial score (nSPS) is 14.3. The van der Waals surface area contributed by atoms with Gasteiger partial charge in [-0.25, -0.2) is 4.39 Å². The second-order valence-corrected chi connectivity index (χ2v) is 6.06. The molecule has 1 fully saturated rings. The number of nitrogens with zero attached hydrogens (tertiary/aromatic N) is 2. The van der Waals surface area contributed by atoms with E-state index in [9.17, 15) is 9.18 Å². The molecule has 5 nitrogen and oxygen atoms in total. The average Bonchev–Trinajstić information content (AvgIpc) is 2.69. The number of piperazine rings is 1. The van der Waals surface area contributed by atoms with Gasteiger partial charge in [-0.05, 0) is 36.4 Å². The molecule has 1 aliphatic rings. The third-order valence-electron chi connectivity index (χ3n) is 4.29. The first-order chi connectivity index (χ1) is 12.7. The Morgan fingerprint density at radius 1 is 0.923 bits per heavy atom. The number of ether oxygens (including phenoxy) is 2. The molecule has 2 aromatic carbocycles. The number of rotatable bonds is 7. The second-order valence-electron chi connectivity index (χ2n) is 6.06. The highest BCUT2D eigenvalue weighted by Crippen LogP contribution is 2.17. The van der Waals surface area contributed by atoms with Crippen molar-refractivity contribution in [2.75, 3.05) is 50.9 Å². The quantitative estimate of drug-likeness (QED) is 0.714. The summed E-state index contributed by atoms with van der Waals surface area (Å²) in [5.74, 6) is 0.541. The van der Waals surface area contributed by atoms with Crippen LogP contribution in [-0.2, 0) is 9.53 Å². The number of hydrogen-bond acceptors (Lipinski definition) is 4. The van der Waals surface area contributed by atoms with Gasteiger partial charge in [0.05, 0.1) is 6.61 Å². The van der Waals surface area contributed by atoms with Gasteiger partial charge in [0.2, 0.25) is 5.91 Å². The maximum absolute atomic E-state index is 13.0. The molecule has 26 heavy (non-hydrogen) atoms. The van der Waals surface area contributed by atoms with Gasteiger partial charge < -0.3 is 19.3 Å². The average molecular weight is 358 g/mol. The van der Waals surface area contributed by atoms with Crippen molar-refractivity contribution in [2.24, 2.45) is 0 Å². The molecule has 0 aromatic heterocycles. The molecule has 0 aliphatic carbocycles. The van der Waals surface area contributed by atoms with Gasteiger partial charge in [-0.3, -0.25) is 4.79 Å². The molecule has 1 saturated heterocycles. The Kier molecular flexibility index (Phi) is 6.44. The molecule has 0 spiro atoms. The molecule has 0 unspecified atom stereocenters. The van der Waals surface area contributed by atoms with E-state index >= 15 is 0 Å². The van der Waals surface area contributed by atoms with Crippen molar-refractivity contribution in [3.05, 3.63) is 60.4 Å². The van der Waals surface area contributed by atoms with Crippen LogP contribution < -0.4 is 9.64 Å². The SMILES string of the molecule is O=C(COCCOc1ccccc1)N1CCN(c2ccc(F)cc2)CC1. The Balaban J connectivity index is 1.33. The Bertz CT molecular complexity index is 686. The standard InChI is InChI=1S/C20H23FN2O3/c21-17-6-8-18(9-7-17)22-10-12-23(13-11-22)20(24)16-25-14-15-26-19-4-2-1-3-5-19/h1-9H,10-16H2. The van der Waals surface area contributed by atoms with E-state index in [2.05, 4.69) is 4.90 Å². The van der Waals surface area contributed by atoms with Crippen molar-refractivity contribution in [2.45, 2.75) is 0 Å². The lowest BCUT2D eigenvalue weighted by Gasteiger charge is -2.36. The summed E-state index contributed by atoms with van der Waals surface area (Å²) in [6, 6.07) is 16.0. The van der Waals surface area contributed by atoms with E-state index in [-0.39, 0.29) is 18.3 Å². The third kappa shape index (κ3) is 5.20. The zero-order valence-corrected chi connectivity index (χ0v) is 14.6. The van der Waals surface area contributed by atoms with Crippen LogP contribution in [0.4, 0.5) is 10.1 Å². The molecule has 6 heteroatoms. The van der Waals surface area contributed by atoms with Gasteiger partial charge in [0, 0.05) is 31.9 Å². The smallest absolute Gasteiger partial charge is 0.248 e. The van der Waals surface area contributed by atoms with Crippen LogP contribution in [0.2, 0.25) is 0 Å². The summed E-state index contributed by atoms with van der Waals surface area (Å²) in [4.78, 5) is 16.2. The lowest BCUT2D eigenvalue weighted by molar-refractivity contribution is -0.136. The van der Waals surface area contributed by atoms with Crippen LogP contribution in [0.3, 0.4) is 0 Å². The molecule has 0 radical (unpaired) electrons. The maximum Gasteiger partial charge on any atom is 0.248 e. The fourth-order valence-corrected chi connectivity index (χ4v) is 2.85. The number of anilines is 1. The van der Waals surface area contributed by atoms with Gasteiger partial charge in [0.1, 0.15) is 24.8 Å². The van der Waals surface area contributed by atoms with E-state index < -0.39 is 0 Å². The summed E-state index contributed by atoms with van der Waals surface area (Å²) in [5.41, 5.74) is 0.979. The predicted molar refractivity (Wildman–Crippen MR) is 97.9 cm³/mol. The maximum atomic E-state index is 13.0. The largest absolute Gasteiger partial charge is 0.491 e. The van der Waals surface area contributed by atoms with Gasteiger partial charge in [-0.1, -0.05) is 18.2 Å². The number of para-hydroxylation sites is 1. The van der Waals surface area contributed by atoms with E-state index in [1.165, 1.54) is 12.1 Å². The zero-order chi connectivity index (χ0) is 18.2. The third-order valence-corrected chi connectivity index (χ3v) is 4.29. The summed E-state index contributed by atoms with van der Waals surface area (Å²) in [6.07, 6.45) is 0.